The van der Waals surface area contributed by atoms with Crippen molar-refractivity contribution in [2.45, 2.75) is 18.5 Å². The molecule has 1 amide bonds. The number of benzene rings is 1. The van der Waals surface area contributed by atoms with E-state index in [4.69, 9.17) is 4.74 Å². The van der Waals surface area contributed by atoms with Gasteiger partial charge in [-0.05, 0) is 41.6 Å². The van der Waals surface area contributed by atoms with Crippen molar-refractivity contribution in [3.05, 3.63) is 35.3 Å². The molecule has 28 heavy (non-hydrogen) atoms. The van der Waals surface area contributed by atoms with E-state index in [2.05, 4.69) is 25.8 Å². The van der Waals surface area contributed by atoms with E-state index >= 15 is 0 Å². The number of hydrogen-bond acceptors (Lipinski definition) is 10. The Morgan fingerprint density at radius 2 is 2.11 bits per heavy atom. The molecule has 146 valence electrons. The highest BCUT2D eigenvalue weighted by molar-refractivity contribution is 7.99. The monoisotopic (exact) mass is 420 g/mol. The van der Waals surface area contributed by atoms with Crippen LogP contribution in [-0.2, 0) is 20.7 Å². The molecule has 3 aromatic rings. The van der Waals surface area contributed by atoms with Crippen molar-refractivity contribution in [3.63, 3.8) is 0 Å². The third kappa shape index (κ3) is 5.27. The van der Waals surface area contributed by atoms with Crippen LogP contribution in [0.1, 0.15) is 12.6 Å². The Hall–Kier alpha value is -2.99. The Labute approximate surface area is 167 Å². The molecule has 2 heterocycles. The smallest absolute Gasteiger partial charge is 0.311 e. The number of phenols is 1. The molecule has 10 nitrogen and oxygen atoms in total. The molecule has 0 atom stereocenters. The van der Waals surface area contributed by atoms with Crippen LogP contribution < -0.4 is 5.32 Å². The van der Waals surface area contributed by atoms with E-state index < -0.39 is 0 Å². The number of carbonyl (C=O) groups is 2. The molecule has 2 N–H and O–H groups in total. The summed E-state index contributed by atoms with van der Waals surface area (Å²) < 4.78 is 6.34. The number of phenolic OH excluding ortho intramolecular Hbond substituents is 1. The van der Waals surface area contributed by atoms with Gasteiger partial charge in [-0.15, -0.1) is 16.4 Å². The molecule has 0 aliphatic heterocycles. The number of ether oxygens (including phenoxy) is 1. The first kappa shape index (κ1) is 19.8. The van der Waals surface area contributed by atoms with Crippen molar-refractivity contribution in [2.75, 3.05) is 17.7 Å². The molecule has 3 rings (SSSR count). The van der Waals surface area contributed by atoms with Gasteiger partial charge in [0.25, 0.3) is 0 Å². The fourth-order valence-electron chi connectivity index (χ4n) is 2.12. The van der Waals surface area contributed by atoms with Crippen LogP contribution in [0.3, 0.4) is 0 Å². The number of aromatic hydroxyl groups is 1. The van der Waals surface area contributed by atoms with Crippen molar-refractivity contribution in [1.29, 1.82) is 0 Å². The molecule has 0 saturated carbocycles. The van der Waals surface area contributed by atoms with Gasteiger partial charge >= 0.3 is 5.97 Å². The summed E-state index contributed by atoms with van der Waals surface area (Å²) in [5.41, 5.74) is 1.21. The van der Waals surface area contributed by atoms with Gasteiger partial charge < -0.3 is 15.2 Å². The van der Waals surface area contributed by atoms with E-state index in [1.54, 1.807) is 24.4 Å². The molecular weight excluding hydrogens is 404 g/mol. The highest BCUT2D eigenvalue weighted by atomic mass is 32.2. The maximum atomic E-state index is 12.2. The number of thioether (sulfide) groups is 1. The van der Waals surface area contributed by atoms with Crippen LogP contribution in [0.2, 0.25) is 0 Å². The fourth-order valence-corrected chi connectivity index (χ4v) is 3.53. The van der Waals surface area contributed by atoms with Gasteiger partial charge in [0.05, 0.1) is 30.2 Å². The molecule has 2 aromatic heterocycles. The minimum Gasteiger partial charge on any atom is -0.508 e. The summed E-state index contributed by atoms with van der Waals surface area (Å²) in [5, 5.41) is 26.0. The van der Waals surface area contributed by atoms with Crippen molar-refractivity contribution < 1.29 is 19.4 Å². The largest absolute Gasteiger partial charge is 0.508 e. The van der Waals surface area contributed by atoms with Gasteiger partial charge in [-0.3, -0.25) is 9.59 Å². The van der Waals surface area contributed by atoms with Crippen molar-refractivity contribution in [2.24, 2.45) is 0 Å². The molecule has 0 bridgehead atoms. The molecule has 0 spiro atoms. The van der Waals surface area contributed by atoms with Gasteiger partial charge in [-0.25, -0.2) is 4.98 Å². The topological polar surface area (TPSA) is 132 Å². The minimum atomic E-state index is -0.359. The van der Waals surface area contributed by atoms with Crippen LogP contribution in [0.25, 0.3) is 5.69 Å². The lowest BCUT2D eigenvalue weighted by atomic mass is 10.3. The Bertz CT molecular complexity index is 956. The third-order valence-electron chi connectivity index (χ3n) is 3.30. The molecule has 12 heteroatoms. The van der Waals surface area contributed by atoms with E-state index in [1.165, 1.54) is 28.2 Å². The zero-order valence-corrected chi connectivity index (χ0v) is 16.4. The molecule has 0 fully saturated rings. The van der Waals surface area contributed by atoms with Crippen molar-refractivity contribution in [3.8, 4) is 11.4 Å². The Morgan fingerprint density at radius 1 is 1.32 bits per heavy atom. The lowest BCUT2D eigenvalue weighted by Gasteiger charge is -2.04. The Morgan fingerprint density at radius 3 is 2.86 bits per heavy atom. The first-order valence-corrected chi connectivity index (χ1v) is 10.0. The van der Waals surface area contributed by atoms with Crippen LogP contribution >= 0.6 is 23.1 Å². The van der Waals surface area contributed by atoms with Gasteiger partial charge in [0.15, 0.2) is 5.13 Å². The number of rotatable bonds is 8. The number of thiazole rings is 1. The number of esters is 1. The number of anilines is 1. The summed E-state index contributed by atoms with van der Waals surface area (Å²) >= 11 is 2.39. The number of hydrogen-bond donors (Lipinski definition) is 2. The average Bonchev–Trinajstić information content (AvgIpc) is 3.30. The maximum absolute atomic E-state index is 12.2. The van der Waals surface area contributed by atoms with E-state index in [9.17, 15) is 14.7 Å². The summed E-state index contributed by atoms with van der Waals surface area (Å²) in [6.45, 7) is 2.05. The molecule has 0 radical (unpaired) electrons. The highest BCUT2D eigenvalue weighted by Crippen LogP contribution is 2.21. The molecule has 0 aliphatic carbocycles. The zero-order chi connectivity index (χ0) is 19.9. The number of nitrogens with one attached hydrogen (secondary N) is 1. The van der Waals surface area contributed by atoms with Crippen LogP contribution in [0.4, 0.5) is 5.13 Å². The predicted molar refractivity (Wildman–Crippen MR) is 103 cm³/mol. The summed E-state index contributed by atoms with van der Waals surface area (Å²) in [6.07, 6.45) is 0.0658. The SMILES string of the molecule is CCOC(=O)Cc1csc(NC(=O)CSc2nnnn2-c2ccc(O)cc2)n1. The van der Waals surface area contributed by atoms with Crippen LogP contribution in [-0.4, -0.2) is 54.5 Å². The average molecular weight is 420 g/mol. The van der Waals surface area contributed by atoms with Crippen molar-refractivity contribution in [1.82, 2.24) is 25.2 Å². The second kappa shape index (κ2) is 9.28. The Balaban J connectivity index is 1.54. The van der Waals surface area contributed by atoms with Gasteiger partial charge in [0.2, 0.25) is 11.1 Å². The van der Waals surface area contributed by atoms with Gasteiger partial charge in [0.1, 0.15) is 5.75 Å². The number of nitrogens with zero attached hydrogens (tertiary/aromatic N) is 5. The fraction of sp³-hybridized carbons (Fsp3) is 0.250. The normalized spacial score (nSPS) is 10.6. The second-order valence-electron chi connectivity index (χ2n) is 5.35. The second-order valence-corrected chi connectivity index (χ2v) is 7.15. The van der Waals surface area contributed by atoms with E-state index in [0.717, 1.165) is 11.8 Å². The number of tetrazole rings is 1. The molecule has 0 aliphatic rings. The minimum absolute atomic E-state index is 0.0658. The summed E-state index contributed by atoms with van der Waals surface area (Å²) in [5.74, 6) is -0.425. The van der Waals surface area contributed by atoms with Gasteiger partial charge in [0, 0.05) is 5.38 Å². The van der Waals surface area contributed by atoms with Crippen molar-refractivity contribution >= 4 is 40.1 Å². The lowest BCUT2D eigenvalue weighted by molar-refractivity contribution is -0.142. The van der Waals surface area contributed by atoms with E-state index in [-0.39, 0.29) is 29.8 Å². The first-order valence-electron chi connectivity index (χ1n) is 8.15. The predicted octanol–water partition coefficient (Wildman–Crippen LogP) is 1.66. The molecule has 0 unspecified atom stereocenters. The number of aromatic nitrogens is 5. The number of amides is 1. The van der Waals surface area contributed by atoms with E-state index in [0.29, 0.717) is 28.3 Å². The standard InChI is InChI=1S/C16H16N6O4S2/c1-2-26-14(25)7-10-8-27-15(17-10)18-13(24)9-28-16-19-20-21-22(16)11-3-5-12(23)6-4-11/h3-6,8,23H,2,7,9H2,1H3,(H,17,18,24). The van der Waals surface area contributed by atoms with Gasteiger partial charge in [-0.2, -0.15) is 4.68 Å². The summed E-state index contributed by atoms with van der Waals surface area (Å²) in [4.78, 5) is 27.8. The highest BCUT2D eigenvalue weighted by Gasteiger charge is 2.14. The van der Waals surface area contributed by atoms with Crippen LogP contribution in [0.5, 0.6) is 5.75 Å². The van der Waals surface area contributed by atoms with Crippen LogP contribution in [0.15, 0.2) is 34.8 Å². The van der Waals surface area contributed by atoms with E-state index in [1.807, 2.05) is 0 Å². The lowest BCUT2D eigenvalue weighted by Crippen LogP contribution is -2.15. The first-order chi connectivity index (χ1) is 13.5. The third-order valence-corrected chi connectivity index (χ3v) is 5.02. The van der Waals surface area contributed by atoms with Gasteiger partial charge in [-0.1, -0.05) is 11.8 Å². The summed E-state index contributed by atoms with van der Waals surface area (Å²) in [7, 11) is 0. The number of carbonyl (C=O) groups excluding carboxylic acids is 2. The molecular formula is C16H16N6O4S2. The molecule has 0 saturated heterocycles. The quantitative estimate of drug-likeness (QED) is 0.412. The Kier molecular flexibility index (Phi) is 6.55. The molecule has 1 aromatic carbocycles. The maximum Gasteiger partial charge on any atom is 0.311 e. The zero-order valence-electron chi connectivity index (χ0n) is 14.7. The van der Waals surface area contributed by atoms with Crippen LogP contribution in [0, 0.1) is 0 Å². The summed E-state index contributed by atoms with van der Waals surface area (Å²) in [6, 6.07) is 6.37.